The molecule has 0 atom stereocenters. The number of benzene rings is 1. The van der Waals surface area contributed by atoms with Crippen molar-refractivity contribution in [3.05, 3.63) is 53.5 Å². The molecule has 0 saturated heterocycles. The van der Waals surface area contributed by atoms with Gasteiger partial charge in [0.05, 0.1) is 5.56 Å². The summed E-state index contributed by atoms with van der Waals surface area (Å²) in [6.45, 7) is 3.91. The van der Waals surface area contributed by atoms with Gasteiger partial charge in [0.2, 0.25) is 0 Å². The van der Waals surface area contributed by atoms with E-state index in [2.05, 4.69) is 4.98 Å². The molecule has 0 amide bonds. The molecule has 0 fully saturated rings. The van der Waals surface area contributed by atoms with Crippen molar-refractivity contribution in [2.75, 3.05) is 11.9 Å². The molecule has 0 spiro atoms. The van der Waals surface area contributed by atoms with Crippen LogP contribution in [0.3, 0.4) is 0 Å². The van der Waals surface area contributed by atoms with Gasteiger partial charge in [-0.1, -0.05) is 13.8 Å². The molecule has 0 bridgehead atoms. The number of halogens is 1. The van der Waals surface area contributed by atoms with E-state index in [1.807, 2.05) is 13.8 Å². The predicted octanol–water partition coefficient (Wildman–Crippen LogP) is 3.81. The number of carboxylic acids is 1. The molecule has 5 heteroatoms. The first-order chi connectivity index (χ1) is 9.88. The van der Waals surface area contributed by atoms with Crippen LogP contribution in [0.2, 0.25) is 0 Å². The van der Waals surface area contributed by atoms with Crippen LogP contribution in [0, 0.1) is 5.82 Å². The van der Waals surface area contributed by atoms with Crippen LogP contribution in [0.5, 0.6) is 0 Å². The summed E-state index contributed by atoms with van der Waals surface area (Å²) in [5, 5.41) is 9.21. The Hall–Kier alpha value is -2.43. The number of anilines is 2. The minimum Gasteiger partial charge on any atom is -0.478 e. The number of nitrogens with zero attached hydrogens (tertiary/aromatic N) is 2. The Morgan fingerprint density at radius 3 is 2.38 bits per heavy atom. The molecule has 0 aliphatic rings. The molecular weight excluding hydrogens is 271 g/mol. The average molecular weight is 288 g/mol. The summed E-state index contributed by atoms with van der Waals surface area (Å²) >= 11 is 0. The maximum Gasteiger partial charge on any atom is 0.335 e. The van der Waals surface area contributed by atoms with Crippen LogP contribution < -0.4 is 4.90 Å². The van der Waals surface area contributed by atoms with Crippen molar-refractivity contribution in [1.29, 1.82) is 0 Å². The Balaban J connectivity index is 2.46. The second-order valence-electron chi connectivity index (χ2n) is 5.13. The third-order valence-electron chi connectivity index (χ3n) is 3.23. The molecule has 110 valence electrons. The van der Waals surface area contributed by atoms with Crippen molar-refractivity contribution < 1.29 is 14.3 Å². The van der Waals surface area contributed by atoms with Crippen molar-refractivity contribution in [3.8, 4) is 0 Å². The van der Waals surface area contributed by atoms with Crippen molar-refractivity contribution in [2.45, 2.75) is 19.8 Å². The minimum atomic E-state index is -0.993. The molecule has 1 aromatic heterocycles. The SMILES string of the molecule is CC(C)c1cc(C(=O)O)cc(N(C)c2ccc(F)cc2)n1. The van der Waals surface area contributed by atoms with E-state index < -0.39 is 5.97 Å². The fourth-order valence-electron chi connectivity index (χ4n) is 1.92. The van der Waals surface area contributed by atoms with Gasteiger partial charge in [0.25, 0.3) is 0 Å². The number of carbonyl (C=O) groups is 1. The zero-order chi connectivity index (χ0) is 15.6. The summed E-state index contributed by atoms with van der Waals surface area (Å²) in [4.78, 5) is 17.5. The van der Waals surface area contributed by atoms with Crippen LogP contribution in [-0.4, -0.2) is 23.1 Å². The van der Waals surface area contributed by atoms with E-state index in [4.69, 9.17) is 0 Å². The number of aromatic carboxylic acids is 1. The Labute approximate surface area is 122 Å². The molecule has 21 heavy (non-hydrogen) atoms. The van der Waals surface area contributed by atoms with Crippen LogP contribution >= 0.6 is 0 Å². The molecule has 1 N–H and O–H groups in total. The van der Waals surface area contributed by atoms with Gasteiger partial charge in [0.1, 0.15) is 11.6 Å². The van der Waals surface area contributed by atoms with Crippen LogP contribution in [0.25, 0.3) is 0 Å². The maximum absolute atomic E-state index is 13.0. The van der Waals surface area contributed by atoms with Gasteiger partial charge in [-0.3, -0.25) is 0 Å². The van der Waals surface area contributed by atoms with E-state index in [1.54, 1.807) is 30.1 Å². The predicted molar refractivity (Wildman–Crippen MR) is 79.7 cm³/mol. The smallest absolute Gasteiger partial charge is 0.335 e. The van der Waals surface area contributed by atoms with Crippen LogP contribution in [-0.2, 0) is 0 Å². The molecule has 0 aliphatic carbocycles. The second kappa shape index (κ2) is 5.91. The van der Waals surface area contributed by atoms with Gasteiger partial charge in [0, 0.05) is 18.4 Å². The van der Waals surface area contributed by atoms with Crippen molar-refractivity contribution in [1.82, 2.24) is 4.98 Å². The third kappa shape index (κ3) is 3.37. The second-order valence-corrected chi connectivity index (χ2v) is 5.13. The van der Waals surface area contributed by atoms with Crippen molar-refractivity contribution >= 4 is 17.5 Å². The fraction of sp³-hybridized carbons (Fsp3) is 0.250. The highest BCUT2D eigenvalue weighted by Crippen LogP contribution is 2.25. The summed E-state index contributed by atoms with van der Waals surface area (Å²) < 4.78 is 13.0. The average Bonchev–Trinajstić information content (AvgIpc) is 2.46. The highest BCUT2D eigenvalue weighted by atomic mass is 19.1. The number of hydrogen-bond acceptors (Lipinski definition) is 3. The Bertz CT molecular complexity index is 654. The van der Waals surface area contributed by atoms with Gasteiger partial charge >= 0.3 is 5.97 Å². The lowest BCUT2D eigenvalue weighted by Gasteiger charge is -2.20. The monoisotopic (exact) mass is 288 g/mol. The number of rotatable bonds is 4. The first-order valence-corrected chi connectivity index (χ1v) is 6.63. The molecule has 1 aromatic carbocycles. The molecule has 0 saturated carbocycles. The highest BCUT2D eigenvalue weighted by molar-refractivity contribution is 5.89. The van der Waals surface area contributed by atoms with Gasteiger partial charge in [-0.15, -0.1) is 0 Å². The van der Waals surface area contributed by atoms with E-state index in [9.17, 15) is 14.3 Å². The van der Waals surface area contributed by atoms with Gasteiger partial charge in [0.15, 0.2) is 0 Å². The first kappa shape index (κ1) is 15.0. The number of aromatic nitrogens is 1. The molecule has 2 aromatic rings. The largest absolute Gasteiger partial charge is 0.478 e. The zero-order valence-electron chi connectivity index (χ0n) is 12.2. The van der Waals surface area contributed by atoms with Crippen molar-refractivity contribution in [3.63, 3.8) is 0 Å². The molecule has 0 aliphatic heterocycles. The molecule has 0 radical (unpaired) electrons. The number of carboxylic acid groups (broad SMARTS) is 1. The molecule has 4 nitrogen and oxygen atoms in total. The molecular formula is C16H17FN2O2. The van der Waals surface area contributed by atoms with E-state index in [1.165, 1.54) is 18.2 Å². The van der Waals surface area contributed by atoms with E-state index in [0.717, 1.165) is 5.69 Å². The van der Waals surface area contributed by atoms with Gasteiger partial charge < -0.3 is 10.0 Å². The van der Waals surface area contributed by atoms with Crippen LogP contribution in [0.15, 0.2) is 36.4 Å². The summed E-state index contributed by atoms with van der Waals surface area (Å²) in [6.07, 6.45) is 0. The highest BCUT2D eigenvalue weighted by Gasteiger charge is 2.14. The summed E-state index contributed by atoms with van der Waals surface area (Å²) in [6, 6.07) is 9.05. The third-order valence-corrected chi connectivity index (χ3v) is 3.23. The lowest BCUT2D eigenvalue weighted by molar-refractivity contribution is 0.0696. The van der Waals surface area contributed by atoms with Crippen LogP contribution in [0.4, 0.5) is 15.9 Å². The normalized spacial score (nSPS) is 10.7. The number of hydrogen-bond donors (Lipinski definition) is 1. The standard InChI is InChI=1S/C16H17FN2O2/c1-10(2)14-8-11(16(20)21)9-15(18-14)19(3)13-6-4-12(17)5-7-13/h4-10H,1-3H3,(H,20,21). The summed E-state index contributed by atoms with van der Waals surface area (Å²) in [7, 11) is 1.77. The summed E-state index contributed by atoms with van der Waals surface area (Å²) in [5.41, 5.74) is 1.64. The Morgan fingerprint density at radius 1 is 1.24 bits per heavy atom. The van der Waals surface area contributed by atoms with E-state index in [0.29, 0.717) is 11.5 Å². The topological polar surface area (TPSA) is 53.4 Å². The summed E-state index contributed by atoms with van der Waals surface area (Å²) in [5.74, 6) is -0.676. The molecule has 2 rings (SSSR count). The Morgan fingerprint density at radius 2 is 1.86 bits per heavy atom. The van der Waals surface area contributed by atoms with Gasteiger partial charge in [-0.25, -0.2) is 14.2 Å². The number of pyridine rings is 1. The van der Waals surface area contributed by atoms with Gasteiger partial charge in [-0.05, 0) is 42.3 Å². The molecule has 1 heterocycles. The Kier molecular flexibility index (Phi) is 4.21. The lowest BCUT2D eigenvalue weighted by atomic mass is 10.1. The van der Waals surface area contributed by atoms with Gasteiger partial charge in [-0.2, -0.15) is 0 Å². The zero-order valence-corrected chi connectivity index (χ0v) is 12.2. The lowest BCUT2D eigenvalue weighted by Crippen LogP contribution is -2.14. The van der Waals surface area contributed by atoms with Crippen molar-refractivity contribution in [2.24, 2.45) is 0 Å². The molecule has 0 unspecified atom stereocenters. The quantitative estimate of drug-likeness (QED) is 0.929. The first-order valence-electron chi connectivity index (χ1n) is 6.63. The van der Waals surface area contributed by atoms with E-state index >= 15 is 0 Å². The fourth-order valence-corrected chi connectivity index (χ4v) is 1.92. The van der Waals surface area contributed by atoms with Crippen LogP contribution in [0.1, 0.15) is 35.8 Å². The minimum absolute atomic E-state index is 0.115. The maximum atomic E-state index is 13.0. The van der Waals surface area contributed by atoms with E-state index in [-0.39, 0.29) is 17.3 Å².